The normalized spacial score (nSPS) is 19.7. The second-order valence-corrected chi connectivity index (χ2v) is 6.66. The molecule has 1 aliphatic heterocycles. The van der Waals surface area contributed by atoms with Crippen LogP contribution in [0.4, 0.5) is 5.82 Å². The highest BCUT2D eigenvalue weighted by Crippen LogP contribution is 2.32. The van der Waals surface area contributed by atoms with Gasteiger partial charge in [0.05, 0.1) is 17.9 Å². The van der Waals surface area contributed by atoms with Crippen molar-refractivity contribution in [1.82, 2.24) is 19.6 Å². The van der Waals surface area contributed by atoms with Gasteiger partial charge in [-0.3, -0.25) is 9.69 Å². The summed E-state index contributed by atoms with van der Waals surface area (Å²) in [6.07, 6.45) is 2.62. The number of aromatic nitrogens is 4. The topological polar surface area (TPSA) is 56.0 Å². The summed E-state index contributed by atoms with van der Waals surface area (Å²) in [6.45, 7) is 6.16. The van der Waals surface area contributed by atoms with Crippen LogP contribution in [0.25, 0.3) is 5.69 Å². The summed E-state index contributed by atoms with van der Waals surface area (Å²) in [5, 5.41) is 8.93. The molecule has 25 heavy (non-hydrogen) atoms. The number of aryl methyl sites for hydroxylation is 1. The maximum absolute atomic E-state index is 13.2. The smallest absolute Gasteiger partial charge is 0.280 e. The molecule has 1 aliphatic rings. The largest absolute Gasteiger partial charge is 0.289 e. The van der Waals surface area contributed by atoms with Crippen LogP contribution in [-0.2, 0) is 0 Å². The molecule has 3 heterocycles. The molecular formula is C19H21N5O. The number of hydrogen-bond donors (Lipinski definition) is 0. The number of rotatable bonds is 2. The maximum atomic E-state index is 13.2. The molecule has 0 saturated carbocycles. The highest BCUT2D eigenvalue weighted by molar-refractivity contribution is 6.05. The summed E-state index contributed by atoms with van der Waals surface area (Å²) in [5.41, 5.74) is 2.33. The van der Waals surface area contributed by atoms with Crippen LogP contribution >= 0.6 is 0 Å². The molecule has 6 heteroatoms. The minimum Gasteiger partial charge on any atom is -0.289 e. The summed E-state index contributed by atoms with van der Waals surface area (Å²) in [7, 11) is 0. The Hall–Kier alpha value is -2.89. The molecular weight excluding hydrogens is 314 g/mol. The molecule has 0 bridgehead atoms. The molecule has 0 spiro atoms. The molecule has 0 aliphatic carbocycles. The quantitative estimate of drug-likeness (QED) is 0.721. The zero-order valence-corrected chi connectivity index (χ0v) is 14.6. The van der Waals surface area contributed by atoms with E-state index < -0.39 is 0 Å². The Morgan fingerprint density at radius 1 is 1.12 bits per heavy atom. The Labute approximate surface area is 146 Å². The molecule has 1 amide bonds. The van der Waals surface area contributed by atoms with Gasteiger partial charge in [0.1, 0.15) is 5.82 Å². The fraction of sp³-hybridized carbons (Fsp3) is 0.316. The molecule has 0 fully saturated rings. The van der Waals surface area contributed by atoms with Crippen LogP contribution < -0.4 is 4.90 Å². The second-order valence-electron chi connectivity index (χ2n) is 6.66. The highest BCUT2D eigenvalue weighted by Gasteiger charge is 2.34. The lowest BCUT2D eigenvalue weighted by Gasteiger charge is -2.36. The lowest BCUT2D eigenvalue weighted by atomic mass is 10.1. The number of carbonyl (C=O) groups excluding carboxylic acids is 1. The molecule has 6 nitrogen and oxygen atoms in total. The molecule has 2 aromatic heterocycles. The number of para-hydroxylation sites is 1. The number of anilines is 1. The Morgan fingerprint density at radius 3 is 2.64 bits per heavy atom. The molecule has 2 atom stereocenters. The van der Waals surface area contributed by atoms with Gasteiger partial charge in [0.15, 0.2) is 5.69 Å². The van der Waals surface area contributed by atoms with E-state index in [1.54, 1.807) is 6.20 Å². The first kappa shape index (κ1) is 15.6. The van der Waals surface area contributed by atoms with Gasteiger partial charge in [0, 0.05) is 17.8 Å². The van der Waals surface area contributed by atoms with Crippen LogP contribution in [0.3, 0.4) is 0 Å². The van der Waals surface area contributed by atoms with Crippen molar-refractivity contribution in [2.45, 2.75) is 39.3 Å². The minimum atomic E-state index is -0.0843. The zero-order valence-electron chi connectivity index (χ0n) is 14.6. The van der Waals surface area contributed by atoms with E-state index in [1.165, 1.54) is 0 Å². The van der Waals surface area contributed by atoms with E-state index in [-0.39, 0.29) is 18.0 Å². The van der Waals surface area contributed by atoms with E-state index in [9.17, 15) is 4.79 Å². The van der Waals surface area contributed by atoms with Crippen molar-refractivity contribution in [2.75, 3.05) is 4.90 Å². The number of hydrogen-bond acceptors (Lipinski definition) is 3. The Bertz CT molecular complexity index is 911. The predicted molar refractivity (Wildman–Crippen MR) is 96.1 cm³/mol. The fourth-order valence-electron chi connectivity index (χ4n) is 3.60. The first-order chi connectivity index (χ1) is 12.1. The molecule has 0 radical (unpaired) electrons. The van der Waals surface area contributed by atoms with Gasteiger partial charge in [0.2, 0.25) is 0 Å². The van der Waals surface area contributed by atoms with E-state index in [0.717, 1.165) is 23.6 Å². The average Bonchev–Trinajstić information content (AvgIpc) is 3.22. The van der Waals surface area contributed by atoms with Crippen molar-refractivity contribution in [2.24, 2.45) is 0 Å². The van der Waals surface area contributed by atoms with Gasteiger partial charge in [-0.25, -0.2) is 9.36 Å². The van der Waals surface area contributed by atoms with Gasteiger partial charge in [-0.05, 0) is 45.4 Å². The molecule has 1 aromatic carbocycles. The van der Waals surface area contributed by atoms with Crippen LogP contribution in [0.5, 0.6) is 0 Å². The van der Waals surface area contributed by atoms with Gasteiger partial charge < -0.3 is 0 Å². The van der Waals surface area contributed by atoms with E-state index in [1.807, 2.05) is 63.7 Å². The van der Waals surface area contributed by atoms with Crippen molar-refractivity contribution in [1.29, 1.82) is 0 Å². The molecule has 0 N–H and O–H groups in total. The Morgan fingerprint density at radius 2 is 1.88 bits per heavy atom. The van der Waals surface area contributed by atoms with Gasteiger partial charge >= 0.3 is 0 Å². The first-order valence-corrected chi connectivity index (χ1v) is 8.55. The lowest BCUT2D eigenvalue weighted by Crippen LogP contribution is -2.45. The van der Waals surface area contributed by atoms with Crippen molar-refractivity contribution < 1.29 is 4.79 Å². The maximum Gasteiger partial charge on any atom is 0.280 e. The third-order valence-corrected chi connectivity index (χ3v) is 4.76. The minimum absolute atomic E-state index is 0.0843. The molecule has 4 rings (SSSR count). The second kappa shape index (κ2) is 5.88. The van der Waals surface area contributed by atoms with Crippen molar-refractivity contribution in [3.05, 3.63) is 60.0 Å². The number of nitrogens with zero attached hydrogens (tertiary/aromatic N) is 5. The van der Waals surface area contributed by atoms with Crippen molar-refractivity contribution in [3.8, 4) is 5.69 Å². The van der Waals surface area contributed by atoms with Crippen molar-refractivity contribution >= 4 is 11.7 Å². The van der Waals surface area contributed by atoms with Crippen LogP contribution in [0.15, 0.2) is 48.7 Å². The van der Waals surface area contributed by atoms with Gasteiger partial charge in [-0.15, -0.1) is 0 Å². The summed E-state index contributed by atoms with van der Waals surface area (Å²) < 4.78 is 3.72. The molecule has 0 unspecified atom stereocenters. The van der Waals surface area contributed by atoms with Crippen molar-refractivity contribution in [3.63, 3.8) is 0 Å². The van der Waals surface area contributed by atoms with E-state index >= 15 is 0 Å². The number of fused-ring (bicyclic) bond motifs is 1. The Kier molecular flexibility index (Phi) is 3.67. The monoisotopic (exact) mass is 335 g/mol. The first-order valence-electron chi connectivity index (χ1n) is 8.55. The SMILES string of the molecule is Cc1cc(C(=O)N2c3ccnn3[C@@H](C)C[C@@H]2C)nn1-c1ccccc1. The van der Waals surface area contributed by atoms with Gasteiger partial charge in [-0.1, -0.05) is 18.2 Å². The number of benzene rings is 1. The lowest BCUT2D eigenvalue weighted by molar-refractivity contribution is 0.0961. The summed E-state index contributed by atoms with van der Waals surface area (Å²) in [5.74, 6) is 0.752. The Balaban J connectivity index is 1.72. The third-order valence-electron chi connectivity index (χ3n) is 4.76. The average molecular weight is 335 g/mol. The predicted octanol–water partition coefficient (Wildman–Crippen LogP) is 3.38. The fourth-order valence-corrected chi connectivity index (χ4v) is 3.60. The van der Waals surface area contributed by atoms with Crippen LogP contribution in [0.2, 0.25) is 0 Å². The summed E-state index contributed by atoms with van der Waals surface area (Å²) in [4.78, 5) is 15.0. The van der Waals surface area contributed by atoms with Crippen LogP contribution in [-0.4, -0.2) is 31.5 Å². The van der Waals surface area contributed by atoms with Gasteiger partial charge in [0.25, 0.3) is 5.91 Å². The molecule has 128 valence electrons. The van der Waals surface area contributed by atoms with Gasteiger partial charge in [-0.2, -0.15) is 10.2 Å². The summed E-state index contributed by atoms with van der Waals surface area (Å²) in [6, 6.07) is 14.0. The molecule has 0 saturated heterocycles. The molecule has 3 aromatic rings. The standard InChI is InChI=1S/C19H21N5O/c1-13-11-14(2)24-18(9-10-20-24)22(13)19(25)17-12-15(3)23(21-17)16-7-5-4-6-8-16/h4-10,12-14H,11H2,1-3H3/t13-,14-/m0/s1. The number of amides is 1. The number of carbonyl (C=O) groups is 1. The zero-order chi connectivity index (χ0) is 17.6. The van der Waals surface area contributed by atoms with Crippen LogP contribution in [0, 0.1) is 6.92 Å². The van der Waals surface area contributed by atoms with E-state index in [2.05, 4.69) is 24.0 Å². The summed E-state index contributed by atoms with van der Waals surface area (Å²) >= 11 is 0. The van der Waals surface area contributed by atoms with E-state index in [0.29, 0.717) is 5.69 Å². The van der Waals surface area contributed by atoms with E-state index in [4.69, 9.17) is 0 Å². The highest BCUT2D eigenvalue weighted by atomic mass is 16.2. The third kappa shape index (κ3) is 2.54. The van der Waals surface area contributed by atoms with Crippen LogP contribution in [0.1, 0.15) is 42.5 Å².